The van der Waals surface area contributed by atoms with E-state index in [1.807, 2.05) is 24.3 Å². The summed E-state index contributed by atoms with van der Waals surface area (Å²) in [6, 6.07) is 7.46. The molecule has 86 valence electrons. The lowest BCUT2D eigenvalue weighted by atomic mass is 9.91. The number of carbonyl (C=O) groups is 1. The molecular formula is C13H18N2O. The molecule has 0 saturated carbocycles. The lowest BCUT2D eigenvalue weighted by Gasteiger charge is -2.36. The molecule has 0 amide bonds. The van der Waals surface area contributed by atoms with E-state index in [1.54, 1.807) is 6.92 Å². The lowest BCUT2D eigenvalue weighted by Crippen LogP contribution is -2.41. The SMILES string of the molecule is CC(N)C(=O)c1ccc(C2CN(C)C2)cc1. The van der Waals surface area contributed by atoms with Gasteiger partial charge < -0.3 is 10.6 Å². The summed E-state index contributed by atoms with van der Waals surface area (Å²) in [6.45, 7) is 3.94. The van der Waals surface area contributed by atoms with E-state index in [0.29, 0.717) is 11.5 Å². The van der Waals surface area contributed by atoms with Gasteiger partial charge in [0.15, 0.2) is 5.78 Å². The Hall–Kier alpha value is -1.19. The maximum atomic E-state index is 11.6. The molecule has 0 aromatic heterocycles. The smallest absolute Gasteiger partial charge is 0.179 e. The lowest BCUT2D eigenvalue weighted by molar-refractivity contribution is 0.0968. The van der Waals surface area contributed by atoms with Crippen molar-refractivity contribution in [2.24, 2.45) is 5.73 Å². The van der Waals surface area contributed by atoms with Crippen LogP contribution in [0.4, 0.5) is 0 Å². The van der Waals surface area contributed by atoms with Crippen molar-refractivity contribution in [1.82, 2.24) is 4.90 Å². The molecule has 1 aromatic rings. The first-order valence-corrected chi connectivity index (χ1v) is 5.66. The molecule has 0 radical (unpaired) electrons. The van der Waals surface area contributed by atoms with Gasteiger partial charge in [-0.1, -0.05) is 24.3 Å². The molecule has 1 saturated heterocycles. The van der Waals surface area contributed by atoms with Crippen LogP contribution in [0.3, 0.4) is 0 Å². The van der Waals surface area contributed by atoms with Crippen LogP contribution in [-0.4, -0.2) is 36.9 Å². The van der Waals surface area contributed by atoms with Gasteiger partial charge in [0.1, 0.15) is 0 Å². The van der Waals surface area contributed by atoms with Crippen LogP contribution in [0, 0.1) is 0 Å². The second kappa shape index (κ2) is 4.36. The van der Waals surface area contributed by atoms with Gasteiger partial charge >= 0.3 is 0 Å². The van der Waals surface area contributed by atoms with Gasteiger partial charge in [-0.15, -0.1) is 0 Å². The van der Waals surface area contributed by atoms with Crippen molar-refractivity contribution in [3.05, 3.63) is 35.4 Å². The Morgan fingerprint density at radius 1 is 1.38 bits per heavy atom. The molecular weight excluding hydrogens is 200 g/mol. The molecule has 2 rings (SSSR count). The van der Waals surface area contributed by atoms with E-state index in [2.05, 4.69) is 11.9 Å². The van der Waals surface area contributed by atoms with E-state index in [9.17, 15) is 4.79 Å². The van der Waals surface area contributed by atoms with Gasteiger partial charge in [-0.05, 0) is 19.5 Å². The fourth-order valence-electron chi connectivity index (χ4n) is 2.09. The molecule has 16 heavy (non-hydrogen) atoms. The summed E-state index contributed by atoms with van der Waals surface area (Å²) < 4.78 is 0. The molecule has 0 aliphatic carbocycles. The number of likely N-dealkylation sites (tertiary alicyclic amines) is 1. The standard InChI is InChI=1S/C13H18N2O/c1-9(14)13(16)11-5-3-10(4-6-11)12-7-15(2)8-12/h3-6,9,12H,7-8,14H2,1-2H3. The minimum absolute atomic E-state index is 0.0114. The van der Waals surface area contributed by atoms with Crippen LogP contribution in [0.15, 0.2) is 24.3 Å². The molecule has 1 aliphatic rings. The Kier molecular flexibility index (Phi) is 3.08. The molecule has 1 aliphatic heterocycles. The first-order valence-electron chi connectivity index (χ1n) is 5.66. The number of carbonyl (C=O) groups excluding carboxylic acids is 1. The highest BCUT2D eigenvalue weighted by molar-refractivity contribution is 5.99. The van der Waals surface area contributed by atoms with Crippen molar-refractivity contribution in [2.45, 2.75) is 18.9 Å². The average molecular weight is 218 g/mol. The Bertz CT molecular complexity index is 377. The topological polar surface area (TPSA) is 46.3 Å². The maximum Gasteiger partial charge on any atom is 0.179 e. The second-order valence-electron chi connectivity index (χ2n) is 4.69. The van der Waals surface area contributed by atoms with E-state index in [4.69, 9.17) is 5.73 Å². The van der Waals surface area contributed by atoms with Gasteiger partial charge in [-0.3, -0.25) is 4.79 Å². The molecule has 0 spiro atoms. The Morgan fingerprint density at radius 3 is 2.38 bits per heavy atom. The summed E-state index contributed by atoms with van der Waals surface area (Å²) >= 11 is 0. The predicted molar refractivity (Wildman–Crippen MR) is 64.7 cm³/mol. The summed E-state index contributed by atoms with van der Waals surface area (Å²) in [6.07, 6.45) is 0. The van der Waals surface area contributed by atoms with E-state index in [1.165, 1.54) is 5.56 Å². The zero-order valence-corrected chi connectivity index (χ0v) is 9.81. The zero-order valence-electron chi connectivity index (χ0n) is 9.81. The summed E-state index contributed by atoms with van der Waals surface area (Å²) in [5.74, 6) is 0.640. The summed E-state index contributed by atoms with van der Waals surface area (Å²) in [4.78, 5) is 13.9. The van der Waals surface area contributed by atoms with Crippen molar-refractivity contribution in [2.75, 3.05) is 20.1 Å². The second-order valence-corrected chi connectivity index (χ2v) is 4.69. The van der Waals surface area contributed by atoms with Gasteiger partial charge in [-0.25, -0.2) is 0 Å². The number of Topliss-reactive ketones (excluding diaryl/α,β-unsaturated/α-hetero) is 1. The summed E-state index contributed by atoms with van der Waals surface area (Å²) in [7, 11) is 2.12. The Labute approximate surface area is 96.2 Å². The van der Waals surface area contributed by atoms with Crippen molar-refractivity contribution in [3.63, 3.8) is 0 Å². The maximum absolute atomic E-state index is 11.6. The largest absolute Gasteiger partial charge is 0.321 e. The molecule has 1 fully saturated rings. The van der Waals surface area contributed by atoms with E-state index in [-0.39, 0.29) is 5.78 Å². The zero-order chi connectivity index (χ0) is 11.7. The van der Waals surface area contributed by atoms with Crippen LogP contribution in [0.5, 0.6) is 0 Å². The van der Waals surface area contributed by atoms with Gasteiger partial charge in [0.25, 0.3) is 0 Å². The average Bonchev–Trinajstić information content (AvgIpc) is 2.24. The van der Waals surface area contributed by atoms with Gasteiger partial charge in [0.2, 0.25) is 0 Å². The van der Waals surface area contributed by atoms with Crippen molar-refractivity contribution in [1.29, 1.82) is 0 Å². The third-order valence-corrected chi connectivity index (χ3v) is 3.14. The van der Waals surface area contributed by atoms with Crippen LogP contribution in [-0.2, 0) is 0 Å². The number of rotatable bonds is 3. The number of nitrogens with zero attached hydrogens (tertiary/aromatic N) is 1. The molecule has 1 heterocycles. The van der Waals surface area contributed by atoms with Gasteiger partial charge in [0, 0.05) is 24.6 Å². The summed E-state index contributed by atoms with van der Waals surface area (Å²) in [5, 5.41) is 0. The normalized spacial score (nSPS) is 19.2. The highest BCUT2D eigenvalue weighted by atomic mass is 16.1. The van der Waals surface area contributed by atoms with Crippen molar-refractivity contribution < 1.29 is 4.79 Å². The first kappa shape index (κ1) is 11.3. The fourth-order valence-corrected chi connectivity index (χ4v) is 2.09. The third-order valence-electron chi connectivity index (χ3n) is 3.14. The molecule has 1 aromatic carbocycles. The quantitative estimate of drug-likeness (QED) is 0.777. The van der Waals surface area contributed by atoms with Crippen LogP contribution in [0.1, 0.15) is 28.8 Å². The molecule has 3 heteroatoms. The number of ketones is 1. The number of likely N-dealkylation sites (N-methyl/N-ethyl adjacent to an activating group) is 1. The number of hydrogen-bond acceptors (Lipinski definition) is 3. The van der Waals surface area contributed by atoms with Crippen molar-refractivity contribution in [3.8, 4) is 0 Å². The van der Waals surface area contributed by atoms with Gasteiger partial charge in [0.05, 0.1) is 6.04 Å². The van der Waals surface area contributed by atoms with Crippen LogP contribution < -0.4 is 5.73 Å². The van der Waals surface area contributed by atoms with Crippen LogP contribution in [0.2, 0.25) is 0 Å². The first-order chi connectivity index (χ1) is 7.58. The van der Waals surface area contributed by atoms with Crippen LogP contribution in [0.25, 0.3) is 0 Å². The molecule has 1 unspecified atom stereocenters. The number of benzene rings is 1. The molecule has 2 N–H and O–H groups in total. The number of nitrogens with two attached hydrogens (primary N) is 1. The van der Waals surface area contributed by atoms with Crippen molar-refractivity contribution >= 4 is 5.78 Å². The fraction of sp³-hybridized carbons (Fsp3) is 0.462. The van der Waals surface area contributed by atoms with Crippen LogP contribution >= 0.6 is 0 Å². The predicted octanol–water partition coefficient (Wildman–Crippen LogP) is 1.25. The summed E-state index contributed by atoms with van der Waals surface area (Å²) in [5.41, 5.74) is 7.60. The molecule has 3 nitrogen and oxygen atoms in total. The van der Waals surface area contributed by atoms with E-state index in [0.717, 1.165) is 13.1 Å². The highest BCUT2D eigenvalue weighted by Gasteiger charge is 2.24. The Balaban J connectivity index is 2.08. The van der Waals surface area contributed by atoms with E-state index < -0.39 is 6.04 Å². The molecule has 1 atom stereocenters. The minimum Gasteiger partial charge on any atom is -0.321 e. The monoisotopic (exact) mass is 218 g/mol. The van der Waals surface area contributed by atoms with E-state index >= 15 is 0 Å². The van der Waals surface area contributed by atoms with Gasteiger partial charge in [-0.2, -0.15) is 0 Å². The molecule has 0 bridgehead atoms. The third kappa shape index (κ3) is 2.15. The highest BCUT2D eigenvalue weighted by Crippen LogP contribution is 2.25. The Morgan fingerprint density at radius 2 is 1.94 bits per heavy atom. The number of hydrogen-bond donors (Lipinski definition) is 1. The minimum atomic E-state index is -0.416.